The number of rotatable bonds is 5. The Kier molecular flexibility index (Phi) is 4.56. The lowest BCUT2D eigenvalue weighted by molar-refractivity contribution is -0.116. The molecule has 6 heteroatoms. The lowest BCUT2D eigenvalue weighted by atomic mass is 10.2. The second kappa shape index (κ2) is 6.77. The first-order chi connectivity index (χ1) is 10.7. The number of benzene rings is 1. The fourth-order valence-corrected chi connectivity index (χ4v) is 2.96. The van der Waals surface area contributed by atoms with Crippen molar-refractivity contribution >= 4 is 34.0 Å². The average molecular weight is 333 g/mol. The summed E-state index contributed by atoms with van der Waals surface area (Å²) in [6.45, 7) is 0. The summed E-state index contributed by atoms with van der Waals surface area (Å²) in [6.07, 6.45) is 2.53. The third kappa shape index (κ3) is 3.55. The Labute approximate surface area is 136 Å². The molecule has 3 rings (SSSR count). The van der Waals surface area contributed by atoms with Crippen molar-refractivity contribution in [3.05, 3.63) is 58.8 Å². The van der Waals surface area contributed by atoms with Crippen LogP contribution in [0.25, 0.3) is 11.3 Å². The van der Waals surface area contributed by atoms with Crippen molar-refractivity contribution in [3.63, 3.8) is 0 Å². The molecule has 112 valence electrons. The van der Waals surface area contributed by atoms with Crippen molar-refractivity contribution in [2.75, 3.05) is 5.32 Å². The lowest BCUT2D eigenvalue weighted by Crippen LogP contribution is -2.11. The quantitative estimate of drug-likeness (QED) is 0.741. The van der Waals surface area contributed by atoms with Gasteiger partial charge in [-0.3, -0.25) is 4.79 Å². The fourth-order valence-electron chi connectivity index (χ4n) is 2.00. The first-order valence-electron chi connectivity index (χ1n) is 6.75. The number of furan rings is 1. The number of halogens is 1. The van der Waals surface area contributed by atoms with Gasteiger partial charge in [0.05, 0.1) is 12.0 Å². The molecule has 0 radical (unpaired) electrons. The van der Waals surface area contributed by atoms with E-state index in [9.17, 15) is 4.79 Å². The van der Waals surface area contributed by atoms with Crippen LogP contribution in [0, 0.1) is 0 Å². The number of hydrogen-bond donors (Lipinski definition) is 1. The molecule has 4 nitrogen and oxygen atoms in total. The monoisotopic (exact) mass is 332 g/mol. The zero-order valence-electron chi connectivity index (χ0n) is 11.6. The number of nitrogens with zero attached hydrogens (tertiary/aromatic N) is 1. The summed E-state index contributed by atoms with van der Waals surface area (Å²) in [5.41, 5.74) is 1.62. The Morgan fingerprint density at radius 2 is 2.14 bits per heavy atom. The van der Waals surface area contributed by atoms with Crippen LogP contribution >= 0.6 is 22.9 Å². The number of carbonyl (C=O) groups excluding carboxylic acids is 1. The molecule has 1 aromatic carbocycles. The van der Waals surface area contributed by atoms with Gasteiger partial charge < -0.3 is 9.73 Å². The molecule has 0 atom stereocenters. The summed E-state index contributed by atoms with van der Waals surface area (Å²) in [5, 5.41) is 5.89. The van der Waals surface area contributed by atoms with Crippen molar-refractivity contribution in [1.82, 2.24) is 4.98 Å². The number of carbonyl (C=O) groups is 1. The van der Waals surface area contributed by atoms with Gasteiger partial charge in [0.2, 0.25) is 5.91 Å². The van der Waals surface area contributed by atoms with Gasteiger partial charge in [-0.25, -0.2) is 4.98 Å². The van der Waals surface area contributed by atoms with Gasteiger partial charge in [-0.1, -0.05) is 29.8 Å². The van der Waals surface area contributed by atoms with Gasteiger partial charge >= 0.3 is 0 Å². The molecular weight excluding hydrogens is 320 g/mol. The highest BCUT2D eigenvalue weighted by atomic mass is 35.5. The minimum atomic E-state index is -0.0866. The van der Waals surface area contributed by atoms with E-state index in [0.29, 0.717) is 23.0 Å². The summed E-state index contributed by atoms with van der Waals surface area (Å²) in [5.74, 6) is 0.711. The van der Waals surface area contributed by atoms with Crippen LogP contribution in [-0.4, -0.2) is 10.9 Å². The summed E-state index contributed by atoms with van der Waals surface area (Å²) >= 11 is 7.53. The SMILES string of the molecule is O=C(CCc1ccco1)Nc1nc(-c2ccccc2Cl)cs1. The molecule has 22 heavy (non-hydrogen) atoms. The lowest BCUT2D eigenvalue weighted by Gasteiger charge is -2.01. The van der Waals surface area contributed by atoms with Gasteiger partial charge in [0.1, 0.15) is 5.76 Å². The maximum Gasteiger partial charge on any atom is 0.226 e. The Morgan fingerprint density at radius 1 is 1.27 bits per heavy atom. The molecule has 2 heterocycles. The summed E-state index contributed by atoms with van der Waals surface area (Å²) in [7, 11) is 0. The zero-order chi connectivity index (χ0) is 15.4. The number of hydrogen-bond acceptors (Lipinski definition) is 4. The van der Waals surface area contributed by atoms with Crippen LogP contribution in [0.2, 0.25) is 5.02 Å². The van der Waals surface area contributed by atoms with Crippen molar-refractivity contribution in [2.24, 2.45) is 0 Å². The normalized spacial score (nSPS) is 10.6. The molecular formula is C16H13ClN2O2S. The van der Waals surface area contributed by atoms with E-state index >= 15 is 0 Å². The van der Waals surface area contributed by atoms with Crippen LogP contribution in [0.15, 0.2) is 52.5 Å². The van der Waals surface area contributed by atoms with Gasteiger partial charge in [-0.05, 0) is 18.2 Å². The molecule has 1 amide bonds. The summed E-state index contributed by atoms with van der Waals surface area (Å²) in [4.78, 5) is 16.3. The first kappa shape index (κ1) is 14.8. The van der Waals surface area contributed by atoms with Crippen LogP contribution in [0.4, 0.5) is 5.13 Å². The predicted molar refractivity (Wildman–Crippen MR) is 88.2 cm³/mol. The van der Waals surface area contributed by atoms with Crippen LogP contribution in [-0.2, 0) is 11.2 Å². The number of thiazole rings is 1. The molecule has 0 saturated heterocycles. The fraction of sp³-hybridized carbons (Fsp3) is 0.125. The maximum absolute atomic E-state index is 11.9. The molecule has 0 fully saturated rings. The number of nitrogens with one attached hydrogen (secondary N) is 1. The number of amides is 1. The molecule has 1 N–H and O–H groups in total. The van der Waals surface area contributed by atoms with E-state index in [4.69, 9.17) is 16.0 Å². The number of anilines is 1. The van der Waals surface area contributed by atoms with Gasteiger partial charge in [-0.2, -0.15) is 0 Å². The highest BCUT2D eigenvalue weighted by molar-refractivity contribution is 7.14. The summed E-state index contributed by atoms with van der Waals surface area (Å²) < 4.78 is 5.20. The average Bonchev–Trinajstić information content (AvgIpc) is 3.17. The van der Waals surface area contributed by atoms with E-state index in [2.05, 4.69) is 10.3 Å². The van der Waals surface area contributed by atoms with Crippen LogP contribution < -0.4 is 5.32 Å². The Balaban J connectivity index is 1.62. The van der Waals surface area contributed by atoms with Crippen LogP contribution in [0.5, 0.6) is 0 Å². The number of aryl methyl sites for hydroxylation is 1. The molecule has 0 aliphatic carbocycles. The van der Waals surface area contributed by atoms with E-state index in [-0.39, 0.29) is 5.91 Å². The third-order valence-electron chi connectivity index (χ3n) is 3.08. The molecule has 0 spiro atoms. The van der Waals surface area contributed by atoms with E-state index in [0.717, 1.165) is 17.0 Å². The highest BCUT2D eigenvalue weighted by Gasteiger charge is 2.10. The second-order valence-corrected chi connectivity index (χ2v) is 5.91. The molecule has 0 aliphatic heterocycles. The maximum atomic E-state index is 11.9. The van der Waals surface area contributed by atoms with E-state index in [1.807, 2.05) is 41.8 Å². The van der Waals surface area contributed by atoms with Crippen molar-refractivity contribution in [2.45, 2.75) is 12.8 Å². The van der Waals surface area contributed by atoms with E-state index < -0.39 is 0 Å². The van der Waals surface area contributed by atoms with Gasteiger partial charge in [-0.15, -0.1) is 11.3 Å². The Bertz CT molecular complexity index is 768. The van der Waals surface area contributed by atoms with Gasteiger partial charge in [0.15, 0.2) is 5.13 Å². The van der Waals surface area contributed by atoms with Gasteiger partial charge in [0.25, 0.3) is 0 Å². The van der Waals surface area contributed by atoms with Crippen molar-refractivity contribution in [1.29, 1.82) is 0 Å². The van der Waals surface area contributed by atoms with E-state index in [1.165, 1.54) is 11.3 Å². The minimum absolute atomic E-state index is 0.0866. The molecule has 2 aromatic heterocycles. The molecule has 0 bridgehead atoms. The second-order valence-electron chi connectivity index (χ2n) is 4.65. The van der Waals surface area contributed by atoms with Crippen LogP contribution in [0.3, 0.4) is 0 Å². The summed E-state index contributed by atoms with van der Waals surface area (Å²) in [6, 6.07) is 11.2. The third-order valence-corrected chi connectivity index (χ3v) is 4.17. The zero-order valence-corrected chi connectivity index (χ0v) is 13.2. The van der Waals surface area contributed by atoms with Gasteiger partial charge in [0, 0.05) is 28.8 Å². The van der Waals surface area contributed by atoms with Crippen molar-refractivity contribution in [3.8, 4) is 11.3 Å². The predicted octanol–water partition coefficient (Wildman–Crippen LogP) is 4.63. The molecule has 0 saturated carbocycles. The number of aromatic nitrogens is 1. The highest BCUT2D eigenvalue weighted by Crippen LogP contribution is 2.30. The minimum Gasteiger partial charge on any atom is -0.469 e. The largest absolute Gasteiger partial charge is 0.469 e. The molecule has 0 aliphatic rings. The van der Waals surface area contributed by atoms with Crippen LogP contribution in [0.1, 0.15) is 12.2 Å². The topological polar surface area (TPSA) is 55.1 Å². The molecule has 3 aromatic rings. The Hall–Kier alpha value is -2.11. The van der Waals surface area contributed by atoms with Crippen molar-refractivity contribution < 1.29 is 9.21 Å². The Morgan fingerprint density at radius 3 is 2.91 bits per heavy atom. The molecule has 0 unspecified atom stereocenters. The standard InChI is InChI=1S/C16H13ClN2O2S/c17-13-6-2-1-5-12(13)14-10-22-16(18-14)19-15(20)8-7-11-4-3-9-21-11/h1-6,9-10H,7-8H2,(H,18,19,20). The van der Waals surface area contributed by atoms with E-state index in [1.54, 1.807) is 6.26 Å². The smallest absolute Gasteiger partial charge is 0.226 e. The first-order valence-corrected chi connectivity index (χ1v) is 8.01.